The highest BCUT2D eigenvalue weighted by molar-refractivity contribution is 5.24. The van der Waals surface area contributed by atoms with E-state index in [1.807, 2.05) is 41.1 Å². The summed E-state index contributed by atoms with van der Waals surface area (Å²) in [6.07, 6.45) is 9.44. The Bertz CT molecular complexity index is 528. The van der Waals surface area contributed by atoms with Crippen molar-refractivity contribution in [3.05, 3.63) is 35.9 Å². The van der Waals surface area contributed by atoms with E-state index in [9.17, 15) is 0 Å². The molecule has 3 rings (SSSR count). The van der Waals surface area contributed by atoms with Crippen LogP contribution in [-0.4, -0.2) is 25.6 Å². The van der Waals surface area contributed by atoms with Gasteiger partial charge in [0.1, 0.15) is 0 Å². The molecule has 102 valence electrons. The first kappa shape index (κ1) is 12.4. The lowest BCUT2D eigenvalue weighted by Crippen LogP contribution is -2.35. The van der Waals surface area contributed by atoms with Gasteiger partial charge in [-0.3, -0.25) is 9.36 Å². The molecule has 0 amide bonds. The highest BCUT2D eigenvalue weighted by Crippen LogP contribution is 2.29. The molecule has 2 aromatic heterocycles. The van der Waals surface area contributed by atoms with Crippen molar-refractivity contribution >= 4 is 0 Å². The molecule has 0 fully saturated rings. The molecule has 0 radical (unpaired) electrons. The van der Waals surface area contributed by atoms with Crippen LogP contribution in [0.15, 0.2) is 24.7 Å². The van der Waals surface area contributed by atoms with Crippen LogP contribution in [0, 0.1) is 0 Å². The van der Waals surface area contributed by atoms with Gasteiger partial charge in [-0.1, -0.05) is 0 Å². The van der Waals surface area contributed by atoms with E-state index < -0.39 is 0 Å². The topological polar surface area (TPSA) is 47.7 Å². The van der Waals surface area contributed by atoms with Crippen LogP contribution in [0.4, 0.5) is 0 Å². The van der Waals surface area contributed by atoms with Crippen molar-refractivity contribution in [1.82, 2.24) is 24.9 Å². The number of aryl methyl sites for hydroxylation is 1. The van der Waals surface area contributed by atoms with E-state index in [4.69, 9.17) is 0 Å². The van der Waals surface area contributed by atoms with Gasteiger partial charge in [0.15, 0.2) is 0 Å². The fraction of sp³-hybridized carbons (Fsp3) is 0.571. The van der Waals surface area contributed by atoms with Crippen molar-refractivity contribution in [3.63, 3.8) is 0 Å². The van der Waals surface area contributed by atoms with Gasteiger partial charge in [-0.15, -0.1) is 0 Å². The average Bonchev–Trinajstić information content (AvgIpc) is 3.01. The summed E-state index contributed by atoms with van der Waals surface area (Å²) in [6.45, 7) is 3.12. The molecule has 5 nitrogen and oxygen atoms in total. The zero-order valence-corrected chi connectivity index (χ0v) is 11.6. The standard InChI is InChI=1S/C14H21N5/c1-11(10-19-8-4-7-15-19)17-13-5-3-6-14-12(13)9-16-18(14)2/h4,7-9,11,13,17H,3,5-6,10H2,1-2H3. The van der Waals surface area contributed by atoms with E-state index in [1.165, 1.54) is 24.1 Å². The van der Waals surface area contributed by atoms with Crippen molar-refractivity contribution in [2.45, 2.75) is 44.8 Å². The second-order valence-electron chi connectivity index (χ2n) is 5.41. The average molecular weight is 259 g/mol. The van der Waals surface area contributed by atoms with E-state index >= 15 is 0 Å². The van der Waals surface area contributed by atoms with Crippen LogP contribution < -0.4 is 5.32 Å². The zero-order chi connectivity index (χ0) is 13.2. The van der Waals surface area contributed by atoms with E-state index in [0.29, 0.717) is 12.1 Å². The largest absolute Gasteiger partial charge is 0.305 e. The Hall–Kier alpha value is -1.62. The van der Waals surface area contributed by atoms with Gasteiger partial charge in [0.2, 0.25) is 0 Å². The minimum Gasteiger partial charge on any atom is -0.305 e. The predicted octanol–water partition coefficient (Wildman–Crippen LogP) is 1.67. The second kappa shape index (κ2) is 5.17. The molecule has 1 aliphatic rings. The van der Waals surface area contributed by atoms with Gasteiger partial charge in [0.25, 0.3) is 0 Å². The van der Waals surface area contributed by atoms with Crippen LogP contribution in [0.5, 0.6) is 0 Å². The maximum Gasteiger partial charge on any atom is 0.0560 e. The normalized spacial score (nSPS) is 20.2. The van der Waals surface area contributed by atoms with Gasteiger partial charge in [0, 0.05) is 42.8 Å². The molecule has 0 bridgehead atoms. The summed E-state index contributed by atoms with van der Waals surface area (Å²) >= 11 is 0. The molecule has 5 heteroatoms. The fourth-order valence-electron chi connectivity index (χ4n) is 2.96. The quantitative estimate of drug-likeness (QED) is 0.908. The monoisotopic (exact) mass is 259 g/mol. The summed E-state index contributed by atoms with van der Waals surface area (Å²) < 4.78 is 3.99. The van der Waals surface area contributed by atoms with Crippen molar-refractivity contribution in [1.29, 1.82) is 0 Å². The lowest BCUT2D eigenvalue weighted by atomic mass is 9.92. The number of hydrogen-bond donors (Lipinski definition) is 1. The van der Waals surface area contributed by atoms with Crippen molar-refractivity contribution in [3.8, 4) is 0 Å². The molecule has 2 aromatic rings. The molecule has 1 N–H and O–H groups in total. The van der Waals surface area contributed by atoms with Crippen LogP contribution in [0.3, 0.4) is 0 Å². The number of hydrogen-bond acceptors (Lipinski definition) is 3. The highest BCUT2D eigenvalue weighted by atomic mass is 15.3. The minimum absolute atomic E-state index is 0.399. The van der Waals surface area contributed by atoms with E-state index in [2.05, 4.69) is 22.4 Å². The number of nitrogens with one attached hydrogen (secondary N) is 1. The maximum atomic E-state index is 4.39. The molecule has 0 spiro atoms. The van der Waals surface area contributed by atoms with E-state index in [1.54, 1.807) is 0 Å². The Balaban J connectivity index is 1.67. The summed E-state index contributed by atoms with van der Waals surface area (Å²) in [5.41, 5.74) is 2.76. The number of fused-ring (bicyclic) bond motifs is 1. The lowest BCUT2D eigenvalue weighted by molar-refractivity contribution is 0.368. The molecule has 0 saturated heterocycles. The van der Waals surface area contributed by atoms with Crippen LogP contribution >= 0.6 is 0 Å². The Labute approximate surface area is 113 Å². The van der Waals surface area contributed by atoms with Gasteiger partial charge in [-0.2, -0.15) is 10.2 Å². The summed E-state index contributed by atoms with van der Waals surface area (Å²) in [7, 11) is 2.04. The summed E-state index contributed by atoms with van der Waals surface area (Å²) in [5.74, 6) is 0. The second-order valence-corrected chi connectivity index (χ2v) is 5.41. The third-order valence-electron chi connectivity index (χ3n) is 3.88. The third kappa shape index (κ3) is 2.56. The number of rotatable bonds is 4. The van der Waals surface area contributed by atoms with Crippen LogP contribution in [-0.2, 0) is 20.0 Å². The van der Waals surface area contributed by atoms with E-state index in [-0.39, 0.29) is 0 Å². The Kier molecular flexibility index (Phi) is 3.38. The third-order valence-corrected chi connectivity index (χ3v) is 3.88. The molecule has 2 atom stereocenters. The Morgan fingerprint density at radius 3 is 3.16 bits per heavy atom. The lowest BCUT2D eigenvalue weighted by Gasteiger charge is -2.27. The molecule has 1 aliphatic carbocycles. The molecular weight excluding hydrogens is 238 g/mol. The van der Waals surface area contributed by atoms with Crippen molar-refractivity contribution < 1.29 is 0 Å². The number of aromatic nitrogens is 4. The molecule has 0 aliphatic heterocycles. The molecular formula is C14H21N5. The molecule has 2 unspecified atom stereocenters. The molecule has 2 heterocycles. The summed E-state index contributed by atoms with van der Waals surface area (Å²) in [5, 5.41) is 12.4. The highest BCUT2D eigenvalue weighted by Gasteiger charge is 2.24. The zero-order valence-electron chi connectivity index (χ0n) is 11.6. The van der Waals surface area contributed by atoms with Crippen LogP contribution in [0.25, 0.3) is 0 Å². The molecule has 0 saturated carbocycles. The first-order valence-corrected chi connectivity index (χ1v) is 6.98. The SMILES string of the molecule is CC(Cn1cccn1)NC1CCCc2c1cnn2C. The van der Waals surface area contributed by atoms with Gasteiger partial charge >= 0.3 is 0 Å². The van der Waals surface area contributed by atoms with Crippen LogP contribution in [0.2, 0.25) is 0 Å². The van der Waals surface area contributed by atoms with Crippen molar-refractivity contribution in [2.24, 2.45) is 7.05 Å². The minimum atomic E-state index is 0.399. The molecule has 0 aromatic carbocycles. The first-order chi connectivity index (χ1) is 9.24. The van der Waals surface area contributed by atoms with Crippen LogP contribution in [0.1, 0.15) is 37.1 Å². The Morgan fingerprint density at radius 1 is 1.47 bits per heavy atom. The smallest absolute Gasteiger partial charge is 0.0560 e. The molecule has 19 heavy (non-hydrogen) atoms. The predicted molar refractivity (Wildman–Crippen MR) is 73.7 cm³/mol. The maximum absolute atomic E-state index is 4.39. The summed E-state index contributed by atoms with van der Waals surface area (Å²) in [4.78, 5) is 0. The summed E-state index contributed by atoms with van der Waals surface area (Å²) in [6, 6.07) is 2.80. The Morgan fingerprint density at radius 2 is 2.37 bits per heavy atom. The fourth-order valence-corrected chi connectivity index (χ4v) is 2.96. The van der Waals surface area contributed by atoms with Gasteiger partial charge < -0.3 is 5.32 Å². The van der Waals surface area contributed by atoms with Crippen molar-refractivity contribution in [2.75, 3.05) is 0 Å². The number of nitrogens with zero attached hydrogens (tertiary/aromatic N) is 4. The first-order valence-electron chi connectivity index (χ1n) is 6.98. The van der Waals surface area contributed by atoms with E-state index in [0.717, 1.165) is 13.0 Å². The van der Waals surface area contributed by atoms with Gasteiger partial charge in [0.05, 0.1) is 12.7 Å². The van der Waals surface area contributed by atoms with Gasteiger partial charge in [-0.05, 0) is 32.3 Å². The van der Waals surface area contributed by atoms with Gasteiger partial charge in [-0.25, -0.2) is 0 Å².